The normalized spacial score (nSPS) is 21.4. The number of rotatable bonds is 4. The zero-order valence-corrected chi connectivity index (χ0v) is 12.1. The number of aliphatic carboxylic acids is 1. The molecule has 20 heavy (non-hydrogen) atoms. The van der Waals surface area contributed by atoms with Gasteiger partial charge in [0.05, 0.1) is 0 Å². The second-order valence-corrected chi connectivity index (χ2v) is 6.18. The standard InChI is InChI=1S/C15H22N2O3/c1-15(2)8-4-3-7-12(15)16-14(20)11-6-5-9-17(11)10-13(18)19/h5-6,9,12H,3-4,7-8,10H2,1-2H3,(H,16,20)(H,18,19). The van der Waals surface area contributed by atoms with Crippen LogP contribution in [0.1, 0.15) is 50.0 Å². The molecule has 1 unspecified atom stereocenters. The second kappa shape index (κ2) is 5.69. The number of nitrogens with one attached hydrogen (secondary N) is 1. The number of aromatic nitrogens is 1. The summed E-state index contributed by atoms with van der Waals surface area (Å²) >= 11 is 0. The molecule has 0 bridgehead atoms. The van der Waals surface area contributed by atoms with Crippen molar-refractivity contribution in [2.24, 2.45) is 5.41 Å². The van der Waals surface area contributed by atoms with Crippen molar-refractivity contribution in [3.63, 3.8) is 0 Å². The van der Waals surface area contributed by atoms with E-state index in [2.05, 4.69) is 19.2 Å². The number of amides is 1. The molecule has 0 radical (unpaired) electrons. The fourth-order valence-corrected chi connectivity index (χ4v) is 2.90. The van der Waals surface area contributed by atoms with Crippen molar-refractivity contribution in [1.82, 2.24) is 9.88 Å². The van der Waals surface area contributed by atoms with Gasteiger partial charge >= 0.3 is 5.97 Å². The van der Waals surface area contributed by atoms with Crippen molar-refractivity contribution in [3.8, 4) is 0 Å². The fourth-order valence-electron chi connectivity index (χ4n) is 2.90. The average Bonchev–Trinajstić information content (AvgIpc) is 2.79. The van der Waals surface area contributed by atoms with E-state index in [4.69, 9.17) is 5.11 Å². The number of hydrogen-bond donors (Lipinski definition) is 2. The van der Waals surface area contributed by atoms with Crippen molar-refractivity contribution in [1.29, 1.82) is 0 Å². The van der Waals surface area contributed by atoms with Gasteiger partial charge in [-0.3, -0.25) is 9.59 Å². The van der Waals surface area contributed by atoms with Gasteiger partial charge < -0.3 is 15.0 Å². The molecule has 0 aromatic carbocycles. The molecular weight excluding hydrogens is 256 g/mol. The Balaban J connectivity index is 2.08. The molecule has 1 saturated carbocycles. The molecule has 0 saturated heterocycles. The molecule has 110 valence electrons. The minimum absolute atomic E-state index is 0.0954. The summed E-state index contributed by atoms with van der Waals surface area (Å²) in [5.74, 6) is -1.13. The summed E-state index contributed by atoms with van der Waals surface area (Å²) in [5, 5.41) is 11.9. The van der Waals surface area contributed by atoms with E-state index in [0.717, 1.165) is 19.3 Å². The number of hydrogen-bond acceptors (Lipinski definition) is 2. The zero-order valence-electron chi connectivity index (χ0n) is 12.1. The number of nitrogens with zero attached hydrogens (tertiary/aromatic N) is 1. The molecule has 0 aliphatic heterocycles. The van der Waals surface area contributed by atoms with Gasteiger partial charge in [0, 0.05) is 12.2 Å². The van der Waals surface area contributed by atoms with E-state index in [1.807, 2.05) is 0 Å². The minimum Gasteiger partial charge on any atom is -0.480 e. The Hall–Kier alpha value is -1.78. The number of carbonyl (C=O) groups excluding carboxylic acids is 1. The van der Waals surface area contributed by atoms with Gasteiger partial charge in [0.25, 0.3) is 5.91 Å². The molecule has 0 spiro atoms. The molecule has 5 nitrogen and oxygen atoms in total. The largest absolute Gasteiger partial charge is 0.480 e. The van der Waals surface area contributed by atoms with E-state index in [-0.39, 0.29) is 23.9 Å². The third kappa shape index (κ3) is 3.21. The van der Waals surface area contributed by atoms with Crippen LogP contribution in [0, 0.1) is 5.41 Å². The van der Waals surface area contributed by atoms with Crippen LogP contribution in [0.5, 0.6) is 0 Å². The number of carboxylic acid groups (broad SMARTS) is 1. The summed E-state index contributed by atoms with van der Waals surface area (Å²) in [6, 6.07) is 3.51. The van der Waals surface area contributed by atoms with E-state index in [1.165, 1.54) is 11.0 Å². The monoisotopic (exact) mass is 278 g/mol. The molecule has 1 aromatic heterocycles. The summed E-state index contributed by atoms with van der Waals surface area (Å²) in [5.41, 5.74) is 0.506. The highest BCUT2D eigenvalue weighted by molar-refractivity contribution is 5.93. The van der Waals surface area contributed by atoms with Crippen molar-refractivity contribution >= 4 is 11.9 Å². The lowest BCUT2D eigenvalue weighted by Gasteiger charge is -2.39. The predicted octanol–water partition coefficient (Wildman–Crippen LogP) is 2.27. The summed E-state index contributed by atoms with van der Waals surface area (Å²) in [6.07, 6.45) is 6.04. The molecule has 1 aromatic rings. The summed E-state index contributed by atoms with van der Waals surface area (Å²) in [7, 11) is 0. The molecule has 1 heterocycles. The Morgan fingerprint density at radius 3 is 2.85 bits per heavy atom. The van der Waals surface area contributed by atoms with Gasteiger partial charge in [0.2, 0.25) is 0 Å². The molecule has 1 fully saturated rings. The third-order valence-electron chi connectivity index (χ3n) is 4.18. The van der Waals surface area contributed by atoms with Crippen LogP contribution in [0.2, 0.25) is 0 Å². The average molecular weight is 278 g/mol. The van der Waals surface area contributed by atoms with Crippen LogP contribution < -0.4 is 5.32 Å². The fraction of sp³-hybridized carbons (Fsp3) is 0.600. The Morgan fingerprint density at radius 2 is 2.20 bits per heavy atom. The molecule has 1 aliphatic rings. The Morgan fingerprint density at radius 1 is 1.45 bits per heavy atom. The minimum atomic E-state index is -0.951. The van der Waals surface area contributed by atoms with Gasteiger partial charge in [-0.25, -0.2) is 0 Å². The van der Waals surface area contributed by atoms with Crippen LogP contribution in [-0.2, 0) is 11.3 Å². The number of carboxylic acids is 1. The third-order valence-corrected chi connectivity index (χ3v) is 4.18. The summed E-state index contributed by atoms with van der Waals surface area (Å²) in [6.45, 7) is 4.16. The smallest absolute Gasteiger partial charge is 0.323 e. The van der Waals surface area contributed by atoms with Gasteiger partial charge in [-0.2, -0.15) is 0 Å². The van der Waals surface area contributed by atoms with Crippen molar-refractivity contribution in [3.05, 3.63) is 24.0 Å². The quantitative estimate of drug-likeness (QED) is 0.887. The second-order valence-electron chi connectivity index (χ2n) is 6.18. The van der Waals surface area contributed by atoms with Crippen LogP contribution in [0.3, 0.4) is 0 Å². The molecule has 1 aliphatic carbocycles. The van der Waals surface area contributed by atoms with Gasteiger partial charge in [-0.05, 0) is 30.4 Å². The molecular formula is C15H22N2O3. The van der Waals surface area contributed by atoms with Gasteiger partial charge in [-0.1, -0.05) is 26.7 Å². The van der Waals surface area contributed by atoms with Gasteiger partial charge in [-0.15, -0.1) is 0 Å². The van der Waals surface area contributed by atoms with Crippen LogP contribution in [0.25, 0.3) is 0 Å². The highest BCUT2D eigenvalue weighted by Gasteiger charge is 2.33. The Labute approximate surface area is 119 Å². The SMILES string of the molecule is CC1(C)CCCCC1NC(=O)c1cccn1CC(=O)O. The molecule has 1 amide bonds. The topological polar surface area (TPSA) is 71.3 Å². The first kappa shape index (κ1) is 14.6. The van der Waals surface area contributed by atoms with Gasteiger partial charge in [0.1, 0.15) is 12.2 Å². The summed E-state index contributed by atoms with van der Waals surface area (Å²) < 4.78 is 1.47. The molecule has 2 N–H and O–H groups in total. The molecule has 1 atom stereocenters. The van der Waals surface area contributed by atoms with Crippen LogP contribution in [0.4, 0.5) is 0 Å². The van der Waals surface area contributed by atoms with E-state index < -0.39 is 5.97 Å². The van der Waals surface area contributed by atoms with E-state index >= 15 is 0 Å². The maximum absolute atomic E-state index is 12.3. The van der Waals surface area contributed by atoms with Crippen molar-refractivity contribution < 1.29 is 14.7 Å². The van der Waals surface area contributed by atoms with E-state index in [1.54, 1.807) is 18.3 Å². The highest BCUT2D eigenvalue weighted by Crippen LogP contribution is 2.35. The lowest BCUT2D eigenvalue weighted by atomic mass is 9.73. The van der Waals surface area contributed by atoms with Crippen LogP contribution in [0.15, 0.2) is 18.3 Å². The summed E-state index contributed by atoms with van der Waals surface area (Å²) in [4.78, 5) is 23.1. The predicted molar refractivity (Wildman–Crippen MR) is 75.6 cm³/mol. The Kier molecular flexibility index (Phi) is 4.16. The van der Waals surface area contributed by atoms with Crippen LogP contribution >= 0.6 is 0 Å². The lowest BCUT2D eigenvalue weighted by molar-refractivity contribution is -0.137. The molecule has 2 rings (SSSR count). The van der Waals surface area contributed by atoms with E-state index in [9.17, 15) is 9.59 Å². The van der Waals surface area contributed by atoms with Crippen LogP contribution in [-0.4, -0.2) is 27.6 Å². The first-order valence-electron chi connectivity index (χ1n) is 7.08. The van der Waals surface area contributed by atoms with Gasteiger partial charge in [0.15, 0.2) is 0 Å². The highest BCUT2D eigenvalue weighted by atomic mass is 16.4. The Bertz CT molecular complexity index is 505. The maximum Gasteiger partial charge on any atom is 0.323 e. The molecule has 5 heteroatoms. The van der Waals surface area contributed by atoms with E-state index in [0.29, 0.717) is 5.69 Å². The first-order chi connectivity index (χ1) is 9.40. The first-order valence-corrected chi connectivity index (χ1v) is 7.08. The number of carbonyl (C=O) groups is 2. The zero-order chi connectivity index (χ0) is 14.8. The van der Waals surface area contributed by atoms with Crippen molar-refractivity contribution in [2.75, 3.05) is 0 Å². The van der Waals surface area contributed by atoms with Crippen molar-refractivity contribution in [2.45, 2.75) is 52.1 Å². The lowest BCUT2D eigenvalue weighted by Crippen LogP contribution is -2.47. The maximum atomic E-state index is 12.3.